The Labute approximate surface area is 180 Å². The Morgan fingerprint density at radius 3 is 2.29 bits per heavy atom. The third-order valence-electron chi connectivity index (χ3n) is 5.83. The molecule has 2 saturated heterocycles. The molecule has 31 heavy (non-hydrogen) atoms. The molecule has 0 radical (unpaired) electrons. The number of para-hydroxylation sites is 2. The van der Waals surface area contributed by atoms with Crippen molar-refractivity contribution >= 4 is 17.9 Å². The summed E-state index contributed by atoms with van der Waals surface area (Å²) in [4.78, 5) is 37.9. The number of benzene rings is 2. The number of nitrogens with one attached hydrogen (secondary N) is 2. The van der Waals surface area contributed by atoms with Gasteiger partial charge < -0.3 is 25.4 Å². The normalized spacial score (nSPS) is 21.9. The van der Waals surface area contributed by atoms with Crippen LogP contribution in [0.2, 0.25) is 0 Å². The van der Waals surface area contributed by atoms with Crippen molar-refractivity contribution in [1.82, 2.24) is 15.5 Å². The molecular formula is C23H25N3O5. The van der Waals surface area contributed by atoms with Crippen molar-refractivity contribution in [3.63, 3.8) is 0 Å². The van der Waals surface area contributed by atoms with E-state index >= 15 is 0 Å². The van der Waals surface area contributed by atoms with Crippen molar-refractivity contribution in [3.8, 4) is 11.5 Å². The fourth-order valence-electron chi connectivity index (χ4n) is 4.50. The van der Waals surface area contributed by atoms with E-state index in [2.05, 4.69) is 10.6 Å². The minimum Gasteiger partial charge on any atom is -0.465 e. The third kappa shape index (κ3) is 4.79. The molecule has 162 valence electrons. The van der Waals surface area contributed by atoms with Gasteiger partial charge in [-0.15, -0.1) is 0 Å². The van der Waals surface area contributed by atoms with Gasteiger partial charge in [-0.3, -0.25) is 9.59 Å². The lowest BCUT2D eigenvalue weighted by atomic mass is 9.98. The summed E-state index contributed by atoms with van der Waals surface area (Å²) in [6.07, 6.45) is 1.99. The largest absolute Gasteiger partial charge is 0.465 e. The summed E-state index contributed by atoms with van der Waals surface area (Å²) in [5.74, 6) is 0.331. The Balaban J connectivity index is 1.31. The lowest BCUT2D eigenvalue weighted by Gasteiger charge is -2.37. The van der Waals surface area contributed by atoms with Crippen molar-refractivity contribution < 1.29 is 24.2 Å². The molecular weight excluding hydrogens is 398 g/mol. The monoisotopic (exact) mass is 423 g/mol. The van der Waals surface area contributed by atoms with Crippen LogP contribution < -0.4 is 15.4 Å². The van der Waals surface area contributed by atoms with Crippen LogP contribution in [0.5, 0.6) is 11.5 Å². The van der Waals surface area contributed by atoms with Crippen molar-refractivity contribution in [1.29, 1.82) is 0 Å². The molecule has 2 aliphatic rings. The highest BCUT2D eigenvalue weighted by Gasteiger charge is 2.43. The molecule has 2 heterocycles. The number of hydrogen-bond donors (Lipinski definition) is 3. The Kier molecular flexibility index (Phi) is 6.06. The first-order valence-electron chi connectivity index (χ1n) is 10.4. The summed E-state index contributed by atoms with van der Waals surface area (Å²) in [6, 6.07) is 15.8. The van der Waals surface area contributed by atoms with E-state index < -0.39 is 12.0 Å². The number of amides is 3. The van der Waals surface area contributed by atoms with Crippen LogP contribution >= 0.6 is 0 Å². The van der Waals surface area contributed by atoms with Gasteiger partial charge in [-0.25, -0.2) is 4.79 Å². The molecule has 2 fully saturated rings. The quantitative estimate of drug-likeness (QED) is 0.662. The molecule has 2 unspecified atom stereocenters. The van der Waals surface area contributed by atoms with E-state index in [1.807, 2.05) is 18.2 Å². The molecule has 4 rings (SSSR count). The van der Waals surface area contributed by atoms with Crippen LogP contribution in [0.4, 0.5) is 4.79 Å². The van der Waals surface area contributed by atoms with Gasteiger partial charge >= 0.3 is 6.09 Å². The second kappa shape index (κ2) is 9.07. The molecule has 0 saturated carbocycles. The summed E-state index contributed by atoms with van der Waals surface area (Å²) < 4.78 is 5.80. The Morgan fingerprint density at radius 1 is 0.968 bits per heavy atom. The van der Waals surface area contributed by atoms with Gasteiger partial charge in [-0.2, -0.15) is 0 Å². The van der Waals surface area contributed by atoms with E-state index in [9.17, 15) is 19.5 Å². The standard InChI is InChI=1S/C23H25N3O5/c27-21(25-15-12-16-10-11-17(13-15)26(16)23(29)30)14-24-22(28)19-8-4-5-9-20(19)31-18-6-2-1-3-7-18/h1-9,15-17H,10-14H2,(H,24,28)(H,25,27)(H,29,30). The lowest BCUT2D eigenvalue weighted by Crippen LogP contribution is -2.53. The molecule has 0 spiro atoms. The number of ether oxygens (including phenoxy) is 1. The van der Waals surface area contributed by atoms with E-state index in [-0.39, 0.29) is 30.6 Å². The number of fused-ring (bicyclic) bond motifs is 2. The first kappa shape index (κ1) is 20.7. The zero-order chi connectivity index (χ0) is 21.8. The summed E-state index contributed by atoms with van der Waals surface area (Å²) in [6.45, 7) is -0.160. The van der Waals surface area contributed by atoms with Crippen LogP contribution in [0.25, 0.3) is 0 Å². The molecule has 0 aromatic heterocycles. The van der Waals surface area contributed by atoms with E-state index in [4.69, 9.17) is 4.74 Å². The minimum absolute atomic E-state index is 0.0434. The van der Waals surface area contributed by atoms with Gasteiger partial charge in [-0.1, -0.05) is 30.3 Å². The molecule has 2 atom stereocenters. The Morgan fingerprint density at radius 2 is 1.61 bits per heavy atom. The average molecular weight is 423 g/mol. The van der Waals surface area contributed by atoms with E-state index in [0.29, 0.717) is 29.9 Å². The lowest BCUT2D eigenvalue weighted by molar-refractivity contribution is -0.121. The molecule has 8 nitrogen and oxygen atoms in total. The molecule has 2 aromatic rings. The van der Waals surface area contributed by atoms with Crippen LogP contribution in [-0.2, 0) is 4.79 Å². The SMILES string of the molecule is O=C(CNC(=O)c1ccccc1Oc1ccccc1)NC1CC2CCC(C1)N2C(=O)O. The zero-order valence-corrected chi connectivity index (χ0v) is 17.0. The predicted octanol–water partition coefficient (Wildman–Crippen LogP) is 3.00. The highest BCUT2D eigenvalue weighted by Crippen LogP contribution is 2.35. The zero-order valence-electron chi connectivity index (χ0n) is 17.0. The van der Waals surface area contributed by atoms with Crippen LogP contribution in [0.15, 0.2) is 54.6 Å². The van der Waals surface area contributed by atoms with Crippen molar-refractivity contribution in [2.75, 3.05) is 6.54 Å². The van der Waals surface area contributed by atoms with Gasteiger partial charge in [0.15, 0.2) is 0 Å². The highest BCUT2D eigenvalue weighted by atomic mass is 16.5. The van der Waals surface area contributed by atoms with E-state index in [1.54, 1.807) is 36.4 Å². The minimum atomic E-state index is -0.888. The summed E-state index contributed by atoms with van der Waals surface area (Å²) in [5.41, 5.74) is 0.340. The number of carbonyl (C=O) groups is 3. The molecule has 2 aliphatic heterocycles. The number of carbonyl (C=O) groups excluding carboxylic acids is 2. The van der Waals surface area contributed by atoms with Crippen molar-refractivity contribution in [3.05, 3.63) is 60.2 Å². The smallest absolute Gasteiger partial charge is 0.407 e. The first-order chi connectivity index (χ1) is 15.0. The van der Waals surface area contributed by atoms with Crippen LogP contribution in [-0.4, -0.2) is 52.6 Å². The van der Waals surface area contributed by atoms with Gasteiger partial charge in [0.2, 0.25) is 5.91 Å². The van der Waals surface area contributed by atoms with Crippen molar-refractivity contribution in [2.45, 2.75) is 43.8 Å². The second-order valence-electron chi connectivity index (χ2n) is 7.90. The van der Waals surface area contributed by atoms with Gasteiger partial charge in [0.05, 0.1) is 12.1 Å². The maximum Gasteiger partial charge on any atom is 0.407 e. The summed E-state index contributed by atoms with van der Waals surface area (Å²) >= 11 is 0. The first-order valence-corrected chi connectivity index (χ1v) is 10.4. The second-order valence-corrected chi connectivity index (χ2v) is 7.90. The summed E-state index contributed by atoms with van der Waals surface area (Å²) in [5, 5.41) is 14.9. The summed E-state index contributed by atoms with van der Waals surface area (Å²) in [7, 11) is 0. The molecule has 2 bridgehead atoms. The maximum absolute atomic E-state index is 12.6. The Hall–Kier alpha value is -3.55. The maximum atomic E-state index is 12.6. The molecule has 3 N–H and O–H groups in total. The fraction of sp³-hybridized carbons (Fsp3) is 0.348. The molecule has 8 heteroatoms. The van der Waals surface area contributed by atoms with Gasteiger partial charge in [0, 0.05) is 18.1 Å². The number of nitrogens with zero attached hydrogens (tertiary/aromatic N) is 1. The molecule has 2 aromatic carbocycles. The topological polar surface area (TPSA) is 108 Å². The average Bonchev–Trinajstić information content (AvgIpc) is 3.04. The van der Waals surface area contributed by atoms with Crippen LogP contribution in [0.1, 0.15) is 36.0 Å². The Bertz CT molecular complexity index is 951. The van der Waals surface area contributed by atoms with Gasteiger partial charge in [-0.05, 0) is 49.9 Å². The van der Waals surface area contributed by atoms with E-state index in [1.165, 1.54) is 4.90 Å². The van der Waals surface area contributed by atoms with Gasteiger partial charge in [0.1, 0.15) is 11.5 Å². The number of carboxylic acid groups (broad SMARTS) is 1. The molecule has 0 aliphatic carbocycles. The molecule has 3 amide bonds. The number of hydrogen-bond acceptors (Lipinski definition) is 4. The third-order valence-corrected chi connectivity index (χ3v) is 5.83. The fourth-order valence-corrected chi connectivity index (χ4v) is 4.50. The predicted molar refractivity (Wildman–Crippen MR) is 113 cm³/mol. The van der Waals surface area contributed by atoms with E-state index in [0.717, 1.165) is 12.8 Å². The number of piperidine rings is 1. The van der Waals surface area contributed by atoms with Crippen LogP contribution in [0, 0.1) is 0 Å². The van der Waals surface area contributed by atoms with Crippen LogP contribution in [0.3, 0.4) is 0 Å². The number of rotatable bonds is 6. The van der Waals surface area contributed by atoms with Crippen molar-refractivity contribution in [2.24, 2.45) is 0 Å². The van der Waals surface area contributed by atoms with Gasteiger partial charge in [0.25, 0.3) is 5.91 Å². The highest BCUT2D eigenvalue weighted by molar-refractivity contribution is 5.98.